The van der Waals surface area contributed by atoms with Crippen molar-refractivity contribution in [2.45, 2.75) is 20.8 Å². The third-order valence-electron chi connectivity index (χ3n) is 3.05. The largest absolute Gasteiger partial charge is 0.384 e. The number of aldehydes is 1. The molecular formula is C14H14O4S. The number of rotatable bonds is 3. The van der Waals surface area contributed by atoms with Crippen LogP contribution in [0, 0.1) is 20.8 Å². The van der Waals surface area contributed by atoms with Crippen LogP contribution >= 0.6 is 0 Å². The summed E-state index contributed by atoms with van der Waals surface area (Å²) in [4.78, 5) is 11.2. The Bertz CT molecular complexity index is 693. The second-order valence-corrected chi connectivity index (χ2v) is 5.18. The number of hydrogen-bond acceptors (Lipinski definition) is 4. The third kappa shape index (κ3) is 2.46. The Morgan fingerprint density at radius 2 is 1.58 bits per heavy atom. The zero-order chi connectivity index (χ0) is 14.2. The lowest BCUT2D eigenvalue weighted by atomic mass is 10.0. The van der Waals surface area contributed by atoms with E-state index >= 15 is 0 Å². The smallest absolute Gasteiger partial charge is 0.299 e. The van der Waals surface area contributed by atoms with Gasteiger partial charge >= 0.3 is 0 Å². The summed E-state index contributed by atoms with van der Waals surface area (Å²) >= 11 is 0. The first-order chi connectivity index (χ1) is 8.93. The van der Waals surface area contributed by atoms with E-state index in [1.807, 2.05) is 32.9 Å². The Morgan fingerprint density at radius 3 is 2.11 bits per heavy atom. The molecule has 0 saturated heterocycles. The van der Waals surface area contributed by atoms with E-state index in [0.717, 1.165) is 28.5 Å². The molecule has 0 aromatic heterocycles. The summed E-state index contributed by atoms with van der Waals surface area (Å²) in [5, 5.41) is 0. The molecule has 2 rings (SSSR count). The lowest BCUT2D eigenvalue weighted by molar-refractivity contribution is 0.112. The third-order valence-corrected chi connectivity index (χ3v) is 3.39. The summed E-state index contributed by atoms with van der Waals surface area (Å²) in [5.41, 5.74) is 4.69. The maximum atomic E-state index is 11.2. The van der Waals surface area contributed by atoms with Gasteiger partial charge in [0.2, 0.25) is 0 Å². The summed E-state index contributed by atoms with van der Waals surface area (Å²) in [6.07, 6.45) is 0.717. The standard InChI is InChI=1S/C14H14O4S/c1-8-4-9(2)13-11(7-15)6-12(18-19(16)17)14(13)10(3)5-8/h4-7,19H,1-3H3. The molecule has 2 aliphatic carbocycles. The molecule has 0 unspecified atom stereocenters. The molecular weight excluding hydrogens is 264 g/mol. The summed E-state index contributed by atoms with van der Waals surface area (Å²) in [5.74, 6) is 0.212. The highest BCUT2D eigenvalue weighted by molar-refractivity contribution is 7.67. The van der Waals surface area contributed by atoms with Gasteiger partial charge in [-0.3, -0.25) is 4.79 Å². The van der Waals surface area contributed by atoms with Crippen molar-refractivity contribution in [3.8, 4) is 16.9 Å². The predicted molar refractivity (Wildman–Crippen MR) is 73.6 cm³/mol. The zero-order valence-electron chi connectivity index (χ0n) is 10.9. The molecule has 0 N–H and O–H groups in total. The molecule has 19 heavy (non-hydrogen) atoms. The molecule has 5 heteroatoms. The number of hydrogen-bond donors (Lipinski definition) is 1. The van der Waals surface area contributed by atoms with E-state index in [0.29, 0.717) is 11.1 Å². The number of aryl methyl sites for hydroxylation is 3. The van der Waals surface area contributed by atoms with E-state index in [-0.39, 0.29) is 5.75 Å². The summed E-state index contributed by atoms with van der Waals surface area (Å²) in [6.45, 7) is 5.71. The van der Waals surface area contributed by atoms with Crippen molar-refractivity contribution >= 4 is 17.3 Å². The van der Waals surface area contributed by atoms with Crippen molar-refractivity contribution in [2.24, 2.45) is 0 Å². The van der Waals surface area contributed by atoms with Crippen molar-refractivity contribution < 1.29 is 17.4 Å². The first-order valence-corrected chi connectivity index (χ1v) is 6.85. The lowest BCUT2D eigenvalue weighted by Gasteiger charge is -2.04. The SMILES string of the molecule is Cc1cc(C)c2c(C=O)cc(O[SH](=O)=O)c-2c(C)c1. The van der Waals surface area contributed by atoms with Gasteiger partial charge in [0.05, 0.1) is 0 Å². The van der Waals surface area contributed by atoms with Gasteiger partial charge in [-0.25, -0.2) is 0 Å². The molecule has 0 spiro atoms. The average molecular weight is 278 g/mol. The van der Waals surface area contributed by atoms with E-state index in [9.17, 15) is 13.2 Å². The molecule has 0 saturated carbocycles. The van der Waals surface area contributed by atoms with Crippen LogP contribution in [0.4, 0.5) is 0 Å². The topological polar surface area (TPSA) is 60.4 Å². The van der Waals surface area contributed by atoms with Gasteiger partial charge in [-0.05, 0) is 43.5 Å². The van der Waals surface area contributed by atoms with Crippen LogP contribution in [0.15, 0.2) is 18.2 Å². The minimum atomic E-state index is -3.01. The number of thiol groups is 1. The van der Waals surface area contributed by atoms with Gasteiger partial charge < -0.3 is 4.18 Å². The fraction of sp³-hybridized carbons (Fsp3) is 0.214. The number of carbonyl (C=O) groups excluding carboxylic acids is 1. The second-order valence-electron chi connectivity index (χ2n) is 4.55. The van der Waals surface area contributed by atoms with Gasteiger partial charge in [-0.1, -0.05) is 17.7 Å². The molecule has 0 bridgehead atoms. The molecule has 0 fully saturated rings. The van der Waals surface area contributed by atoms with Gasteiger partial charge in [-0.15, -0.1) is 0 Å². The molecule has 0 aromatic rings. The molecule has 0 heterocycles. The fourth-order valence-corrected chi connectivity index (χ4v) is 2.79. The molecule has 0 amide bonds. The van der Waals surface area contributed by atoms with Crippen LogP contribution in [0.2, 0.25) is 0 Å². The van der Waals surface area contributed by atoms with E-state index in [1.165, 1.54) is 6.07 Å². The van der Waals surface area contributed by atoms with Gasteiger partial charge in [0.25, 0.3) is 11.0 Å². The molecule has 0 atom stereocenters. The summed E-state index contributed by atoms with van der Waals surface area (Å²) in [7, 11) is -3.01. The number of fused-ring (bicyclic) bond motifs is 1. The normalized spacial score (nSPS) is 10.9. The minimum Gasteiger partial charge on any atom is -0.384 e. The molecule has 4 nitrogen and oxygen atoms in total. The summed E-state index contributed by atoms with van der Waals surface area (Å²) < 4.78 is 26.4. The average Bonchev–Trinajstić information content (AvgIpc) is 2.60. The van der Waals surface area contributed by atoms with Crippen LogP contribution in [-0.2, 0) is 11.0 Å². The Morgan fingerprint density at radius 1 is 1.00 bits per heavy atom. The maximum Gasteiger partial charge on any atom is 0.299 e. The van der Waals surface area contributed by atoms with Crippen LogP contribution in [0.25, 0.3) is 11.1 Å². The van der Waals surface area contributed by atoms with Crippen LogP contribution in [0.3, 0.4) is 0 Å². The zero-order valence-corrected chi connectivity index (χ0v) is 11.8. The van der Waals surface area contributed by atoms with Gasteiger partial charge in [0.15, 0.2) is 12.0 Å². The highest BCUT2D eigenvalue weighted by Crippen LogP contribution is 2.41. The van der Waals surface area contributed by atoms with E-state index in [2.05, 4.69) is 0 Å². The first kappa shape index (κ1) is 13.5. The lowest BCUT2D eigenvalue weighted by Crippen LogP contribution is -1.90. The Kier molecular flexibility index (Phi) is 3.57. The van der Waals surface area contributed by atoms with Crippen LogP contribution in [-0.4, -0.2) is 14.7 Å². The van der Waals surface area contributed by atoms with Crippen molar-refractivity contribution in [3.63, 3.8) is 0 Å². The first-order valence-electron chi connectivity index (χ1n) is 5.76. The molecule has 0 radical (unpaired) electrons. The summed E-state index contributed by atoms with van der Waals surface area (Å²) in [6, 6.07) is 5.37. The Balaban J connectivity index is 2.87. The van der Waals surface area contributed by atoms with E-state index in [4.69, 9.17) is 4.18 Å². The van der Waals surface area contributed by atoms with Crippen molar-refractivity contribution in [1.29, 1.82) is 0 Å². The van der Waals surface area contributed by atoms with Gasteiger partial charge in [0.1, 0.15) is 0 Å². The van der Waals surface area contributed by atoms with Crippen molar-refractivity contribution in [2.75, 3.05) is 0 Å². The highest BCUT2D eigenvalue weighted by Gasteiger charge is 2.21. The molecule has 2 aliphatic rings. The Hall–Kier alpha value is -1.88. The van der Waals surface area contributed by atoms with Crippen LogP contribution < -0.4 is 4.18 Å². The highest BCUT2D eigenvalue weighted by atomic mass is 32.2. The van der Waals surface area contributed by atoms with Gasteiger partial charge in [-0.2, -0.15) is 8.42 Å². The maximum absolute atomic E-state index is 11.2. The monoisotopic (exact) mass is 278 g/mol. The molecule has 100 valence electrons. The minimum absolute atomic E-state index is 0.212. The quantitative estimate of drug-likeness (QED) is 0.692. The molecule has 0 aliphatic heterocycles. The fourth-order valence-electron chi connectivity index (χ4n) is 2.48. The van der Waals surface area contributed by atoms with E-state index < -0.39 is 11.0 Å². The number of carbonyl (C=O) groups is 1. The van der Waals surface area contributed by atoms with E-state index in [1.54, 1.807) is 0 Å². The van der Waals surface area contributed by atoms with Crippen LogP contribution in [0.1, 0.15) is 27.0 Å². The van der Waals surface area contributed by atoms with Crippen molar-refractivity contribution in [1.82, 2.24) is 0 Å². The second kappa shape index (κ2) is 5.01. The van der Waals surface area contributed by atoms with Crippen LogP contribution in [0.5, 0.6) is 5.75 Å². The van der Waals surface area contributed by atoms with Crippen molar-refractivity contribution in [3.05, 3.63) is 40.5 Å². The molecule has 0 aromatic carbocycles. The Labute approximate surface area is 113 Å². The predicted octanol–water partition coefficient (Wildman–Crippen LogP) is 2.43. The van der Waals surface area contributed by atoms with Gasteiger partial charge in [0, 0.05) is 11.1 Å².